The van der Waals surface area contributed by atoms with Gasteiger partial charge in [-0.05, 0) is 73.5 Å². The molecule has 8 rings (SSSR count). The van der Waals surface area contributed by atoms with Gasteiger partial charge in [-0.15, -0.1) is 11.8 Å². The number of rotatable bonds is 6. The molecule has 0 saturated heterocycles. The van der Waals surface area contributed by atoms with Crippen molar-refractivity contribution in [3.8, 4) is 0 Å². The third kappa shape index (κ3) is 4.24. The summed E-state index contributed by atoms with van der Waals surface area (Å²) >= 11 is 1.48. The molecule has 6 heteroatoms. The Kier molecular flexibility index (Phi) is 6.00. The molecule has 4 aliphatic carbocycles. The van der Waals surface area contributed by atoms with Crippen LogP contribution >= 0.6 is 11.8 Å². The highest BCUT2D eigenvalue weighted by molar-refractivity contribution is 8.01. The maximum Gasteiger partial charge on any atom is 0.409 e. The van der Waals surface area contributed by atoms with E-state index >= 15 is 0 Å². The van der Waals surface area contributed by atoms with Gasteiger partial charge in [0.15, 0.2) is 4.87 Å². The van der Waals surface area contributed by atoms with Gasteiger partial charge in [0.05, 0.1) is 10.9 Å². The number of para-hydroxylation sites is 1. The first-order valence-electron chi connectivity index (χ1n) is 14.1. The van der Waals surface area contributed by atoms with E-state index < -0.39 is 16.6 Å². The predicted molar refractivity (Wildman–Crippen MR) is 154 cm³/mol. The van der Waals surface area contributed by atoms with Gasteiger partial charge in [0, 0.05) is 12.6 Å². The minimum Gasteiger partial charge on any atom is -0.443 e. The molecule has 5 nitrogen and oxygen atoms in total. The summed E-state index contributed by atoms with van der Waals surface area (Å²) in [6, 6.07) is 28.2. The van der Waals surface area contributed by atoms with E-state index in [4.69, 9.17) is 4.74 Å². The summed E-state index contributed by atoms with van der Waals surface area (Å²) in [5.41, 5.74) is 3.36. The Hall–Kier alpha value is -3.25. The second-order valence-electron chi connectivity index (χ2n) is 12.0. The number of thioether (sulfide) groups is 1. The SMILES string of the molecule is CN1C(=O)[C@](NC(=O)OC23CC4CC(CC(C4)C2)C3)(SC(c2ccccc2)c2ccccc2)c2ccccc21. The van der Waals surface area contributed by atoms with Crippen LogP contribution in [0.5, 0.6) is 0 Å². The first kappa shape index (κ1) is 24.8. The van der Waals surface area contributed by atoms with Gasteiger partial charge in [0.2, 0.25) is 0 Å². The summed E-state index contributed by atoms with van der Waals surface area (Å²) in [7, 11) is 1.79. The van der Waals surface area contributed by atoms with E-state index in [2.05, 4.69) is 29.6 Å². The number of nitrogens with zero attached hydrogens (tertiary/aromatic N) is 1. The van der Waals surface area contributed by atoms with Crippen molar-refractivity contribution < 1.29 is 14.3 Å². The van der Waals surface area contributed by atoms with Crippen molar-refractivity contribution in [1.29, 1.82) is 0 Å². The molecular weight excluding hydrogens is 504 g/mol. The summed E-state index contributed by atoms with van der Waals surface area (Å²) in [6.45, 7) is 0. The molecule has 0 radical (unpaired) electrons. The van der Waals surface area contributed by atoms with Crippen molar-refractivity contribution in [2.24, 2.45) is 17.8 Å². The Morgan fingerprint density at radius 2 is 1.36 bits per heavy atom. The lowest BCUT2D eigenvalue weighted by atomic mass is 9.54. The molecule has 200 valence electrons. The standard InChI is InChI=1S/C33H34N2O3S/c1-35-28-15-9-8-14-27(28)33(30(35)36,39-29(25-10-4-2-5-11-25)26-12-6-3-7-13-26)34-31(37)38-32-19-22-16-23(20-32)18-24(17-22)21-32/h2-15,22-24,29H,16-21H2,1H3,(H,34,37)/t22?,23?,24?,32?,33-/m1/s1. The molecule has 1 atom stereocenters. The summed E-state index contributed by atoms with van der Waals surface area (Å²) in [5.74, 6) is 1.82. The Labute approximate surface area is 234 Å². The predicted octanol–water partition coefficient (Wildman–Crippen LogP) is 7.03. The first-order chi connectivity index (χ1) is 18.9. The van der Waals surface area contributed by atoms with Gasteiger partial charge in [-0.1, -0.05) is 78.9 Å². The maximum atomic E-state index is 14.2. The number of hydrogen-bond acceptors (Lipinski definition) is 4. The molecular formula is C33H34N2O3S. The van der Waals surface area contributed by atoms with Crippen molar-refractivity contribution in [3.05, 3.63) is 102 Å². The van der Waals surface area contributed by atoms with Crippen LogP contribution in [0.4, 0.5) is 10.5 Å². The van der Waals surface area contributed by atoms with Crippen LogP contribution in [-0.2, 0) is 14.4 Å². The molecule has 1 heterocycles. The number of fused-ring (bicyclic) bond motifs is 1. The van der Waals surface area contributed by atoms with Crippen molar-refractivity contribution in [2.75, 3.05) is 11.9 Å². The number of ether oxygens (including phenoxy) is 1. The second kappa shape index (κ2) is 9.44. The lowest BCUT2D eigenvalue weighted by Gasteiger charge is -2.55. The lowest BCUT2D eigenvalue weighted by Crippen LogP contribution is -2.56. The number of carbonyl (C=O) groups excluding carboxylic acids is 2. The molecule has 3 aromatic rings. The van der Waals surface area contributed by atoms with Crippen LogP contribution in [0.25, 0.3) is 0 Å². The Morgan fingerprint density at radius 1 is 0.846 bits per heavy atom. The van der Waals surface area contributed by atoms with E-state index in [1.807, 2.05) is 60.7 Å². The topological polar surface area (TPSA) is 58.6 Å². The molecule has 1 aliphatic heterocycles. The normalized spacial score (nSPS) is 30.5. The Morgan fingerprint density at radius 3 is 1.92 bits per heavy atom. The van der Waals surface area contributed by atoms with E-state index in [9.17, 15) is 9.59 Å². The van der Waals surface area contributed by atoms with Crippen LogP contribution in [0.1, 0.15) is 60.5 Å². The number of amides is 2. The minimum absolute atomic E-state index is 0.159. The lowest BCUT2D eigenvalue weighted by molar-refractivity contribution is -0.130. The smallest absolute Gasteiger partial charge is 0.409 e. The highest BCUT2D eigenvalue weighted by Crippen LogP contribution is 2.58. The molecule has 4 fully saturated rings. The molecule has 3 aromatic carbocycles. The fourth-order valence-electron chi connectivity index (χ4n) is 8.07. The molecule has 0 spiro atoms. The van der Waals surface area contributed by atoms with Crippen LogP contribution in [0.3, 0.4) is 0 Å². The summed E-state index contributed by atoms with van der Waals surface area (Å²) in [5, 5.41) is 3.00. The number of anilines is 1. The number of likely N-dealkylation sites (N-methyl/N-ethyl adjacent to an activating group) is 1. The second-order valence-corrected chi connectivity index (χ2v) is 13.3. The molecule has 4 saturated carbocycles. The fraction of sp³-hybridized carbons (Fsp3) is 0.394. The number of carbonyl (C=O) groups is 2. The van der Waals surface area contributed by atoms with Crippen LogP contribution in [-0.4, -0.2) is 24.6 Å². The quantitative estimate of drug-likeness (QED) is 0.342. The van der Waals surface area contributed by atoms with E-state index in [1.54, 1.807) is 11.9 Å². The average molecular weight is 539 g/mol. The third-order valence-electron chi connectivity index (χ3n) is 9.32. The molecule has 0 aromatic heterocycles. The van der Waals surface area contributed by atoms with E-state index in [0.29, 0.717) is 17.8 Å². The zero-order valence-electron chi connectivity index (χ0n) is 22.2. The van der Waals surface area contributed by atoms with E-state index in [1.165, 1.54) is 31.0 Å². The summed E-state index contributed by atoms with van der Waals surface area (Å²) in [4.78, 5) is 28.5. The zero-order chi connectivity index (χ0) is 26.6. The largest absolute Gasteiger partial charge is 0.443 e. The van der Waals surface area contributed by atoms with Gasteiger partial charge in [-0.2, -0.15) is 0 Å². The zero-order valence-corrected chi connectivity index (χ0v) is 23.0. The van der Waals surface area contributed by atoms with E-state index in [-0.39, 0.29) is 11.2 Å². The highest BCUT2D eigenvalue weighted by Gasteiger charge is 2.56. The number of nitrogens with one attached hydrogen (secondary N) is 1. The van der Waals surface area contributed by atoms with E-state index in [0.717, 1.165) is 41.6 Å². The first-order valence-corrected chi connectivity index (χ1v) is 15.0. The third-order valence-corrected chi connectivity index (χ3v) is 10.9. The highest BCUT2D eigenvalue weighted by atomic mass is 32.2. The average Bonchev–Trinajstić information content (AvgIpc) is 3.13. The number of hydrogen-bond donors (Lipinski definition) is 1. The van der Waals surface area contributed by atoms with Gasteiger partial charge in [0.1, 0.15) is 5.60 Å². The summed E-state index contributed by atoms with van der Waals surface area (Å²) < 4.78 is 6.40. The molecule has 2 amide bonds. The minimum atomic E-state index is -1.32. The molecule has 5 aliphatic rings. The van der Waals surface area contributed by atoms with Crippen molar-refractivity contribution in [3.63, 3.8) is 0 Å². The molecule has 4 bridgehead atoms. The molecule has 0 unspecified atom stereocenters. The summed E-state index contributed by atoms with van der Waals surface area (Å²) in [6.07, 6.45) is 6.20. The molecule has 39 heavy (non-hydrogen) atoms. The molecule has 1 N–H and O–H groups in total. The van der Waals surface area contributed by atoms with Gasteiger partial charge in [0.25, 0.3) is 5.91 Å². The number of alkyl carbamates (subject to hydrolysis) is 1. The van der Waals surface area contributed by atoms with Gasteiger partial charge in [-0.25, -0.2) is 4.79 Å². The van der Waals surface area contributed by atoms with Crippen LogP contribution in [0.15, 0.2) is 84.9 Å². The monoisotopic (exact) mass is 538 g/mol. The Balaban J connectivity index is 1.27. The van der Waals surface area contributed by atoms with Crippen LogP contribution in [0, 0.1) is 17.8 Å². The van der Waals surface area contributed by atoms with Crippen molar-refractivity contribution in [1.82, 2.24) is 5.32 Å². The van der Waals surface area contributed by atoms with Crippen LogP contribution in [0.2, 0.25) is 0 Å². The van der Waals surface area contributed by atoms with Gasteiger partial charge >= 0.3 is 6.09 Å². The maximum absolute atomic E-state index is 14.2. The van der Waals surface area contributed by atoms with Gasteiger partial charge in [-0.3, -0.25) is 10.1 Å². The fourth-order valence-corrected chi connectivity index (χ4v) is 9.69. The van der Waals surface area contributed by atoms with Gasteiger partial charge < -0.3 is 9.64 Å². The van der Waals surface area contributed by atoms with Crippen molar-refractivity contribution in [2.45, 2.75) is 54.2 Å². The Bertz CT molecular complexity index is 1320. The number of benzene rings is 3. The van der Waals surface area contributed by atoms with Crippen molar-refractivity contribution >= 4 is 29.4 Å². The van der Waals surface area contributed by atoms with Crippen LogP contribution < -0.4 is 10.2 Å².